The van der Waals surface area contributed by atoms with E-state index >= 15 is 0 Å². The Kier molecular flexibility index (Phi) is 3.24. The van der Waals surface area contributed by atoms with Gasteiger partial charge in [0, 0.05) is 20.3 Å². The number of hydrogen-bond donors (Lipinski definition) is 3. The Morgan fingerprint density at radius 1 is 1.38 bits per heavy atom. The molecule has 1 aromatic heterocycles. The number of aromatic amines is 1. The molecule has 0 saturated heterocycles. The van der Waals surface area contributed by atoms with Gasteiger partial charge in [-0.1, -0.05) is 0 Å². The van der Waals surface area contributed by atoms with Crippen molar-refractivity contribution >= 4 is 11.9 Å². The number of nitrogens with one attached hydrogen (secondary N) is 3. The predicted octanol–water partition coefficient (Wildman–Crippen LogP) is -1.86. The van der Waals surface area contributed by atoms with Crippen molar-refractivity contribution in [3.63, 3.8) is 0 Å². The summed E-state index contributed by atoms with van der Waals surface area (Å²) in [6.07, 6.45) is 1.06. The molecule has 8 heteroatoms. The molecule has 3 N–H and O–H groups in total. The number of imide groups is 1. The quantitative estimate of drug-likeness (QED) is 0.521. The zero-order valence-corrected chi connectivity index (χ0v) is 8.66. The van der Waals surface area contributed by atoms with E-state index in [1.807, 2.05) is 10.3 Å². The number of aryl methyl sites for hydroxylation is 1. The number of carbonyl (C=O) groups excluding carboxylic acids is 2. The van der Waals surface area contributed by atoms with Gasteiger partial charge in [0.25, 0.3) is 11.5 Å². The van der Waals surface area contributed by atoms with E-state index in [4.69, 9.17) is 0 Å². The van der Waals surface area contributed by atoms with E-state index in [9.17, 15) is 19.2 Å². The summed E-state index contributed by atoms with van der Waals surface area (Å²) in [5.74, 6) is -0.879. The van der Waals surface area contributed by atoms with Crippen LogP contribution in [0, 0.1) is 0 Å². The van der Waals surface area contributed by atoms with Crippen molar-refractivity contribution in [2.24, 2.45) is 7.05 Å². The second-order valence-electron chi connectivity index (χ2n) is 2.95. The summed E-state index contributed by atoms with van der Waals surface area (Å²) in [6, 6.07) is -0.738. The van der Waals surface area contributed by atoms with Crippen LogP contribution in [0.1, 0.15) is 10.4 Å². The van der Waals surface area contributed by atoms with Crippen molar-refractivity contribution in [1.82, 2.24) is 20.2 Å². The van der Waals surface area contributed by atoms with Gasteiger partial charge < -0.3 is 9.88 Å². The highest BCUT2D eigenvalue weighted by atomic mass is 16.2. The van der Waals surface area contributed by atoms with E-state index in [1.54, 1.807) is 0 Å². The lowest BCUT2D eigenvalue weighted by molar-refractivity contribution is 0.0962. The molecule has 1 heterocycles. The molecule has 0 fully saturated rings. The van der Waals surface area contributed by atoms with E-state index in [2.05, 4.69) is 5.32 Å². The monoisotopic (exact) mass is 226 g/mol. The topological polar surface area (TPSA) is 113 Å². The van der Waals surface area contributed by atoms with Gasteiger partial charge in [-0.2, -0.15) is 0 Å². The molecule has 3 amide bonds. The molecule has 8 nitrogen and oxygen atoms in total. The first-order chi connectivity index (χ1) is 7.45. The third-order valence-corrected chi connectivity index (χ3v) is 1.81. The fourth-order valence-electron chi connectivity index (χ4n) is 0.958. The number of hydrogen-bond acceptors (Lipinski definition) is 4. The Morgan fingerprint density at radius 2 is 2.00 bits per heavy atom. The number of rotatable bonds is 1. The van der Waals surface area contributed by atoms with Crippen LogP contribution >= 0.6 is 0 Å². The molecule has 0 aliphatic carbocycles. The molecule has 1 aromatic rings. The number of H-pyrrole nitrogens is 1. The highest BCUT2D eigenvalue weighted by molar-refractivity contribution is 6.03. The van der Waals surface area contributed by atoms with Crippen molar-refractivity contribution in [1.29, 1.82) is 0 Å². The lowest BCUT2D eigenvalue weighted by Gasteiger charge is -2.03. The van der Waals surface area contributed by atoms with Crippen LogP contribution in [0.4, 0.5) is 4.79 Å². The van der Waals surface area contributed by atoms with Crippen molar-refractivity contribution in [3.05, 3.63) is 32.6 Å². The Morgan fingerprint density at radius 3 is 2.56 bits per heavy atom. The van der Waals surface area contributed by atoms with Crippen LogP contribution in [0.2, 0.25) is 0 Å². The van der Waals surface area contributed by atoms with E-state index in [0.29, 0.717) is 0 Å². The Labute approximate surface area is 89.3 Å². The van der Waals surface area contributed by atoms with Gasteiger partial charge >= 0.3 is 11.7 Å². The largest absolute Gasteiger partial charge is 0.341 e. The summed E-state index contributed by atoms with van der Waals surface area (Å²) >= 11 is 0. The van der Waals surface area contributed by atoms with Crippen molar-refractivity contribution in [3.8, 4) is 0 Å². The van der Waals surface area contributed by atoms with Gasteiger partial charge in [-0.05, 0) is 0 Å². The highest BCUT2D eigenvalue weighted by Gasteiger charge is 2.14. The first-order valence-electron chi connectivity index (χ1n) is 4.28. The van der Waals surface area contributed by atoms with E-state index < -0.39 is 23.2 Å². The number of amides is 3. The summed E-state index contributed by atoms with van der Waals surface area (Å²) in [5, 5.41) is 4.07. The Hall–Kier alpha value is -2.38. The number of aromatic nitrogens is 2. The standard InChI is InChI=1S/C8H10N4O4/c1-9-7(15)10-5(13)4-3-12(2)8(16)11-6(4)14/h3H,1-2H3,(H,11,14,16)(H2,9,10,13,15). The van der Waals surface area contributed by atoms with E-state index in [0.717, 1.165) is 10.8 Å². The minimum absolute atomic E-state index is 0.314. The van der Waals surface area contributed by atoms with E-state index in [1.165, 1.54) is 14.1 Å². The molecule has 0 aliphatic heterocycles. The van der Waals surface area contributed by atoms with Crippen LogP contribution in [0.25, 0.3) is 0 Å². The SMILES string of the molecule is CNC(=O)NC(=O)c1cn(C)c(=O)[nH]c1=O. The number of nitrogens with zero attached hydrogens (tertiary/aromatic N) is 1. The molecule has 0 saturated carbocycles. The average molecular weight is 226 g/mol. The lowest BCUT2D eigenvalue weighted by Crippen LogP contribution is -2.41. The van der Waals surface area contributed by atoms with Crippen molar-refractivity contribution < 1.29 is 9.59 Å². The van der Waals surface area contributed by atoms with Crippen LogP contribution in [0.15, 0.2) is 15.8 Å². The van der Waals surface area contributed by atoms with Crippen molar-refractivity contribution in [2.45, 2.75) is 0 Å². The first kappa shape index (κ1) is 11.7. The minimum atomic E-state index is -0.879. The molecule has 0 unspecified atom stereocenters. The maximum Gasteiger partial charge on any atom is 0.328 e. The molecule has 86 valence electrons. The zero-order chi connectivity index (χ0) is 12.3. The van der Waals surface area contributed by atoms with Crippen LogP contribution < -0.4 is 21.9 Å². The van der Waals surface area contributed by atoms with Crippen LogP contribution in [-0.2, 0) is 7.05 Å². The molecule has 0 atom stereocenters. The molecule has 0 spiro atoms. The van der Waals surface area contributed by atoms with Gasteiger partial charge in [0.05, 0.1) is 0 Å². The summed E-state index contributed by atoms with van der Waals surface area (Å²) in [6.45, 7) is 0. The minimum Gasteiger partial charge on any atom is -0.341 e. The lowest BCUT2D eigenvalue weighted by atomic mass is 10.3. The highest BCUT2D eigenvalue weighted by Crippen LogP contribution is 1.86. The second kappa shape index (κ2) is 4.43. The Balaban J connectivity index is 3.10. The van der Waals surface area contributed by atoms with Gasteiger partial charge in [-0.15, -0.1) is 0 Å². The first-order valence-corrected chi connectivity index (χ1v) is 4.28. The van der Waals surface area contributed by atoms with Gasteiger partial charge in [-0.25, -0.2) is 9.59 Å². The Bertz CT molecular complexity index is 542. The molecule has 0 aliphatic rings. The van der Waals surface area contributed by atoms with Gasteiger partial charge in [0.1, 0.15) is 5.56 Å². The third kappa shape index (κ3) is 2.35. The molecule has 0 bridgehead atoms. The van der Waals surface area contributed by atoms with Crippen molar-refractivity contribution in [2.75, 3.05) is 7.05 Å². The summed E-state index contributed by atoms with van der Waals surface area (Å²) < 4.78 is 1.03. The smallest absolute Gasteiger partial charge is 0.328 e. The maximum absolute atomic E-state index is 11.4. The molecule has 0 aromatic carbocycles. The van der Waals surface area contributed by atoms with Gasteiger partial charge in [0.2, 0.25) is 0 Å². The van der Waals surface area contributed by atoms with Gasteiger partial charge in [0.15, 0.2) is 0 Å². The zero-order valence-electron chi connectivity index (χ0n) is 8.66. The fraction of sp³-hybridized carbons (Fsp3) is 0.250. The van der Waals surface area contributed by atoms with Crippen LogP contribution in [0.3, 0.4) is 0 Å². The summed E-state index contributed by atoms with van der Waals surface area (Å²) in [7, 11) is 2.70. The maximum atomic E-state index is 11.4. The average Bonchev–Trinajstić information content (AvgIpc) is 2.23. The molecular weight excluding hydrogens is 216 g/mol. The van der Waals surface area contributed by atoms with E-state index in [-0.39, 0.29) is 5.56 Å². The molecular formula is C8H10N4O4. The third-order valence-electron chi connectivity index (χ3n) is 1.81. The van der Waals surface area contributed by atoms with Crippen LogP contribution in [-0.4, -0.2) is 28.5 Å². The summed E-state index contributed by atoms with van der Waals surface area (Å²) in [4.78, 5) is 46.4. The number of carbonyl (C=O) groups is 2. The fourth-order valence-corrected chi connectivity index (χ4v) is 0.958. The summed E-state index contributed by atoms with van der Waals surface area (Å²) in [5.41, 5.74) is -1.79. The number of urea groups is 1. The van der Waals surface area contributed by atoms with Gasteiger partial charge in [-0.3, -0.25) is 19.9 Å². The predicted molar refractivity (Wildman–Crippen MR) is 54.2 cm³/mol. The van der Waals surface area contributed by atoms with Crippen LogP contribution in [0.5, 0.6) is 0 Å². The normalized spacial score (nSPS) is 9.62. The molecule has 0 radical (unpaired) electrons. The molecule has 16 heavy (non-hydrogen) atoms. The molecule has 1 rings (SSSR count). The second-order valence-corrected chi connectivity index (χ2v) is 2.95.